The molecule has 3 heterocycles. The van der Waals surface area contributed by atoms with Gasteiger partial charge in [0.2, 0.25) is 5.88 Å². The molecule has 6 heteroatoms. The minimum absolute atomic E-state index is 0.0597. The van der Waals surface area contributed by atoms with Crippen LogP contribution in [0.25, 0.3) is 11.0 Å². The Morgan fingerprint density at radius 3 is 2.59 bits per heavy atom. The molecule has 6 nitrogen and oxygen atoms in total. The summed E-state index contributed by atoms with van der Waals surface area (Å²) in [6, 6.07) is 7.52. The number of hydrogen-bond acceptors (Lipinski definition) is 5. The molecule has 0 fully saturated rings. The number of hydrogen-bond donors (Lipinski definition) is 0. The Hall–Kier alpha value is -2.89. The van der Waals surface area contributed by atoms with Gasteiger partial charge in [-0.25, -0.2) is 14.8 Å². The number of carbonyl (C=O) groups is 1. The van der Waals surface area contributed by atoms with Crippen molar-refractivity contribution < 1.29 is 14.3 Å². The van der Waals surface area contributed by atoms with Crippen LogP contribution in [0.2, 0.25) is 0 Å². The molecular weight excluding hydrogens is 342 g/mol. The average Bonchev–Trinajstić information content (AvgIpc) is 2.91. The maximum absolute atomic E-state index is 12.9. The molecule has 0 amide bonds. The fourth-order valence-corrected chi connectivity index (χ4v) is 3.26. The fourth-order valence-electron chi connectivity index (χ4n) is 3.26. The highest BCUT2D eigenvalue weighted by Gasteiger charge is 2.27. The molecule has 0 aliphatic carbocycles. The zero-order valence-corrected chi connectivity index (χ0v) is 16.6. The fraction of sp³-hybridized carbons (Fsp3) is 0.381. The maximum Gasteiger partial charge on any atom is 0.341 e. The molecule has 3 aromatic heterocycles. The van der Waals surface area contributed by atoms with E-state index < -0.39 is 5.60 Å². The lowest BCUT2D eigenvalue weighted by Gasteiger charge is -2.20. The van der Waals surface area contributed by atoms with Crippen LogP contribution in [0.1, 0.15) is 55.4 Å². The van der Waals surface area contributed by atoms with Crippen molar-refractivity contribution in [3.63, 3.8) is 0 Å². The van der Waals surface area contributed by atoms with E-state index in [1.54, 1.807) is 19.5 Å². The first-order valence-corrected chi connectivity index (χ1v) is 8.91. The first kappa shape index (κ1) is 18.9. The molecule has 0 aliphatic heterocycles. The normalized spacial score (nSPS) is 12.8. The van der Waals surface area contributed by atoms with Crippen molar-refractivity contribution in [2.45, 2.75) is 46.3 Å². The van der Waals surface area contributed by atoms with Crippen molar-refractivity contribution in [2.24, 2.45) is 0 Å². The van der Waals surface area contributed by atoms with E-state index in [0.717, 1.165) is 22.3 Å². The molecule has 0 aromatic carbocycles. The van der Waals surface area contributed by atoms with Crippen LogP contribution in [0.15, 0.2) is 36.7 Å². The van der Waals surface area contributed by atoms with Crippen LogP contribution in [0.3, 0.4) is 0 Å². The second-order valence-electron chi connectivity index (χ2n) is 7.51. The molecule has 3 rings (SSSR count). The number of ether oxygens (including phenoxy) is 2. The second-order valence-corrected chi connectivity index (χ2v) is 7.51. The summed E-state index contributed by atoms with van der Waals surface area (Å²) in [4.78, 5) is 21.6. The Morgan fingerprint density at radius 1 is 1.19 bits per heavy atom. The van der Waals surface area contributed by atoms with Crippen LogP contribution < -0.4 is 4.74 Å². The van der Waals surface area contributed by atoms with Crippen LogP contribution >= 0.6 is 0 Å². The number of fused-ring (bicyclic) bond motifs is 1. The van der Waals surface area contributed by atoms with Crippen molar-refractivity contribution in [3.05, 3.63) is 53.5 Å². The Balaban J connectivity index is 2.16. The molecule has 1 atom stereocenters. The monoisotopic (exact) mass is 367 g/mol. The lowest BCUT2D eigenvalue weighted by molar-refractivity contribution is 0.00707. The minimum Gasteiger partial charge on any atom is -0.481 e. The van der Waals surface area contributed by atoms with Crippen molar-refractivity contribution >= 4 is 17.0 Å². The topological polar surface area (TPSA) is 66.2 Å². The molecule has 0 saturated carbocycles. The van der Waals surface area contributed by atoms with E-state index in [-0.39, 0.29) is 12.0 Å². The predicted octanol–water partition coefficient (Wildman–Crippen LogP) is 4.31. The van der Waals surface area contributed by atoms with Gasteiger partial charge in [0.1, 0.15) is 11.2 Å². The van der Waals surface area contributed by atoms with E-state index in [1.807, 2.05) is 52.0 Å². The highest BCUT2D eigenvalue weighted by atomic mass is 16.6. The number of nitrogens with zero attached hydrogens (tertiary/aromatic N) is 3. The van der Waals surface area contributed by atoms with Crippen LogP contribution in [0.5, 0.6) is 5.88 Å². The minimum atomic E-state index is -0.565. The van der Waals surface area contributed by atoms with E-state index in [1.165, 1.54) is 0 Å². The van der Waals surface area contributed by atoms with Gasteiger partial charge in [-0.1, -0.05) is 0 Å². The van der Waals surface area contributed by atoms with Gasteiger partial charge in [0.15, 0.2) is 0 Å². The molecule has 0 N–H and O–H groups in total. The molecule has 0 spiro atoms. The molecule has 0 bridgehead atoms. The highest BCUT2D eigenvalue weighted by Crippen LogP contribution is 2.32. The number of rotatable bonds is 4. The van der Waals surface area contributed by atoms with Gasteiger partial charge < -0.3 is 14.0 Å². The number of pyridine rings is 2. The van der Waals surface area contributed by atoms with Gasteiger partial charge >= 0.3 is 5.97 Å². The van der Waals surface area contributed by atoms with Gasteiger partial charge in [-0.05, 0) is 58.4 Å². The average molecular weight is 367 g/mol. The molecule has 142 valence electrons. The first-order chi connectivity index (χ1) is 12.7. The molecule has 1 unspecified atom stereocenters. The summed E-state index contributed by atoms with van der Waals surface area (Å²) < 4.78 is 12.9. The van der Waals surface area contributed by atoms with Gasteiger partial charge in [-0.15, -0.1) is 0 Å². The number of aromatic nitrogens is 3. The molecule has 0 aliphatic rings. The van der Waals surface area contributed by atoms with Crippen LogP contribution in [0.4, 0.5) is 0 Å². The van der Waals surface area contributed by atoms with Gasteiger partial charge in [0, 0.05) is 29.5 Å². The summed E-state index contributed by atoms with van der Waals surface area (Å²) in [5.74, 6) is 0.213. The molecule has 0 saturated heterocycles. The standard InChI is InChI=1S/C21H25N3O3/c1-13(15-9-11-22-17(12-15)26-6)24-14(2)18(20(25)27-21(3,4)5)16-8-7-10-23-19(16)24/h7-13H,1-6H3. The summed E-state index contributed by atoms with van der Waals surface area (Å²) >= 11 is 0. The molecular formula is C21H25N3O3. The zero-order valence-electron chi connectivity index (χ0n) is 16.6. The Bertz CT molecular complexity index is 986. The van der Waals surface area contributed by atoms with E-state index in [2.05, 4.69) is 21.5 Å². The highest BCUT2D eigenvalue weighted by molar-refractivity contribution is 6.05. The molecule has 27 heavy (non-hydrogen) atoms. The summed E-state index contributed by atoms with van der Waals surface area (Å²) in [5.41, 5.74) is 2.58. The predicted molar refractivity (Wildman–Crippen MR) is 104 cm³/mol. The van der Waals surface area contributed by atoms with Gasteiger partial charge in [-0.2, -0.15) is 0 Å². The number of esters is 1. The SMILES string of the molecule is COc1cc(C(C)n2c(C)c(C(=O)OC(C)(C)C)c3cccnc32)ccn1. The summed E-state index contributed by atoms with van der Waals surface area (Å²) in [5, 5.41) is 0.789. The Kier molecular flexibility index (Phi) is 4.91. The first-order valence-electron chi connectivity index (χ1n) is 8.91. The maximum atomic E-state index is 12.9. The summed E-state index contributed by atoms with van der Waals surface area (Å²) in [6.07, 6.45) is 3.45. The third kappa shape index (κ3) is 3.65. The lowest BCUT2D eigenvalue weighted by atomic mass is 10.1. The quantitative estimate of drug-likeness (QED) is 0.643. The summed E-state index contributed by atoms with van der Waals surface area (Å²) in [7, 11) is 1.59. The van der Waals surface area contributed by atoms with Gasteiger partial charge in [-0.3, -0.25) is 0 Å². The largest absolute Gasteiger partial charge is 0.481 e. The van der Waals surface area contributed by atoms with Crippen molar-refractivity contribution in [1.82, 2.24) is 14.5 Å². The number of methoxy groups -OCH3 is 1. The van der Waals surface area contributed by atoms with Gasteiger partial charge in [0.25, 0.3) is 0 Å². The Labute approximate surface area is 159 Å². The lowest BCUT2D eigenvalue weighted by Crippen LogP contribution is -2.24. The second kappa shape index (κ2) is 7.02. The van der Waals surface area contributed by atoms with E-state index in [0.29, 0.717) is 11.4 Å². The van der Waals surface area contributed by atoms with E-state index >= 15 is 0 Å². The zero-order chi connectivity index (χ0) is 19.8. The Morgan fingerprint density at radius 2 is 1.93 bits per heavy atom. The number of carbonyl (C=O) groups excluding carboxylic acids is 1. The third-order valence-corrected chi connectivity index (χ3v) is 4.45. The van der Waals surface area contributed by atoms with Crippen molar-refractivity contribution in [1.29, 1.82) is 0 Å². The molecule has 3 aromatic rings. The van der Waals surface area contributed by atoms with Crippen LogP contribution in [0, 0.1) is 6.92 Å². The smallest absolute Gasteiger partial charge is 0.341 e. The van der Waals surface area contributed by atoms with Crippen molar-refractivity contribution in [3.8, 4) is 5.88 Å². The van der Waals surface area contributed by atoms with Gasteiger partial charge in [0.05, 0.1) is 18.7 Å². The third-order valence-electron chi connectivity index (χ3n) is 4.45. The van der Waals surface area contributed by atoms with Crippen LogP contribution in [-0.4, -0.2) is 33.2 Å². The summed E-state index contributed by atoms with van der Waals surface area (Å²) in [6.45, 7) is 9.58. The van der Waals surface area contributed by atoms with E-state index in [9.17, 15) is 4.79 Å². The van der Waals surface area contributed by atoms with Crippen molar-refractivity contribution in [2.75, 3.05) is 7.11 Å². The van der Waals surface area contributed by atoms with Crippen LogP contribution in [-0.2, 0) is 4.74 Å². The molecule has 0 radical (unpaired) electrons. The van der Waals surface area contributed by atoms with E-state index in [4.69, 9.17) is 9.47 Å².